The number of likely N-dealkylation sites (tertiary alicyclic amines) is 1. The second-order valence-electron chi connectivity index (χ2n) is 6.84. The summed E-state index contributed by atoms with van der Waals surface area (Å²) >= 11 is 6.07. The van der Waals surface area contributed by atoms with Crippen LogP contribution in [0.3, 0.4) is 0 Å². The Hall–Kier alpha value is -2.53. The maximum Gasteiger partial charge on any atom is 0.274 e. The summed E-state index contributed by atoms with van der Waals surface area (Å²) in [5.74, 6) is -0.0347. The van der Waals surface area contributed by atoms with Gasteiger partial charge < -0.3 is 10.2 Å². The molecule has 0 saturated carbocycles. The molecule has 1 aliphatic heterocycles. The smallest absolute Gasteiger partial charge is 0.274 e. The van der Waals surface area contributed by atoms with Gasteiger partial charge in [0.2, 0.25) is 0 Å². The summed E-state index contributed by atoms with van der Waals surface area (Å²) in [4.78, 5) is 14.8. The van der Waals surface area contributed by atoms with E-state index >= 15 is 0 Å². The largest absolute Gasteiger partial charge is 0.382 e. The Labute approximate surface area is 157 Å². The van der Waals surface area contributed by atoms with E-state index in [9.17, 15) is 4.79 Å². The normalized spacial score (nSPS) is 15.4. The Morgan fingerprint density at radius 3 is 2.81 bits per heavy atom. The molecular weight excluding hydrogens is 348 g/mol. The third kappa shape index (κ3) is 3.40. The zero-order valence-electron chi connectivity index (χ0n) is 14.6. The topological polar surface area (TPSA) is 61.0 Å². The second kappa shape index (κ2) is 7.00. The van der Waals surface area contributed by atoms with Crippen molar-refractivity contribution in [2.75, 3.05) is 18.4 Å². The fraction of sp³-hybridized carbons (Fsp3) is 0.300. The first-order valence-electron chi connectivity index (χ1n) is 8.86. The molecule has 6 heteroatoms. The summed E-state index contributed by atoms with van der Waals surface area (Å²) in [6, 6.07) is 14.2. The molecule has 1 amide bonds. The number of aromatic amines is 1. The van der Waals surface area contributed by atoms with Crippen molar-refractivity contribution in [2.45, 2.75) is 25.8 Å². The van der Waals surface area contributed by atoms with Gasteiger partial charge in [-0.05, 0) is 55.7 Å². The molecule has 0 spiro atoms. The molecule has 0 radical (unpaired) electrons. The number of anilines is 1. The predicted octanol–water partition coefficient (Wildman–Crippen LogP) is 4.24. The van der Waals surface area contributed by atoms with Crippen molar-refractivity contribution in [3.8, 4) is 0 Å². The lowest BCUT2D eigenvalue weighted by atomic mass is 10.0. The zero-order chi connectivity index (χ0) is 18.1. The molecule has 1 aromatic heterocycles. The van der Waals surface area contributed by atoms with E-state index in [0.717, 1.165) is 42.5 Å². The maximum atomic E-state index is 12.9. The predicted molar refractivity (Wildman–Crippen MR) is 105 cm³/mol. The van der Waals surface area contributed by atoms with Crippen molar-refractivity contribution < 1.29 is 4.79 Å². The summed E-state index contributed by atoms with van der Waals surface area (Å²) in [7, 11) is 0. The highest BCUT2D eigenvalue weighted by Crippen LogP contribution is 2.24. The van der Waals surface area contributed by atoms with Gasteiger partial charge in [0.05, 0.1) is 5.52 Å². The number of benzene rings is 2. The summed E-state index contributed by atoms with van der Waals surface area (Å²) in [5, 5.41) is 12.1. The molecule has 4 rings (SSSR count). The average Bonchev–Trinajstić information content (AvgIpc) is 3.05. The highest BCUT2D eigenvalue weighted by Gasteiger charge is 2.26. The van der Waals surface area contributed by atoms with Crippen molar-refractivity contribution in [3.05, 3.63) is 58.7 Å². The zero-order valence-corrected chi connectivity index (χ0v) is 15.4. The van der Waals surface area contributed by atoms with Crippen LogP contribution in [0.4, 0.5) is 5.69 Å². The number of nitrogens with zero attached hydrogens (tertiary/aromatic N) is 2. The van der Waals surface area contributed by atoms with Gasteiger partial charge in [-0.3, -0.25) is 9.89 Å². The van der Waals surface area contributed by atoms with Gasteiger partial charge in [-0.25, -0.2) is 0 Å². The van der Waals surface area contributed by atoms with Crippen LogP contribution in [0, 0.1) is 6.92 Å². The summed E-state index contributed by atoms with van der Waals surface area (Å²) in [5.41, 5.74) is 3.66. The van der Waals surface area contributed by atoms with E-state index in [-0.39, 0.29) is 5.91 Å². The number of amides is 1. The quantitative estimate of drug-likeness (QED) is 0.726. The van der Waals surface area contributed by atoms with Gasteiger partial charge in [0.25, 0.3) is 5.91 Å². The minimum Gasteiger partial charge on any atom is -0.382 e. The number of aromatic nitrogens is 2. The number of fused-ring (bicyclic) bond motifs is 1. The molecule has 2 heterocycles. The number of carbonyl (C=O) groups excluding carboxylic acids is 1. The van der Waals surface area contributed by atoms with E-state index in [2.05, 4.69) is 46.7 Å². The Morgan fingerprint density at radius 2 is 2.04 bits per heavy atom. The van der Waals surface area contributed by atoms with Crippen molar-refractivity contribution in [1.29, 1.82) is 0 Å². The Morgan fingerprint density at radius 1 is 1.23 bits per heavy atom. The molecule has 0 aliphatic carbocycles. The molecule has 1 aliphatic rings. The number of nitrogens with one attached hydrogen (secondary N) is 2. The molecule has 1 fully saturated rings. The first-order chi connectivity index (χ1) is 12.6. The van der Waals surface area contributed by atoms with Crippen LogP contribution in [0.15, 0.2) is 42.5 Å². The minimum absolute atomic E-state index is 0.0347. The molecule has 2 N–H and O–H groups in total. The van der Waals surface area contributed by atoms with E-state index in [1.807, 2.05) is 11.0 Å². The SMILES string of the molecule is Cc1cccc(NC2CCN(C(=O)c3n[nH]c4ccc(Cl)cc34)CC2)c1. The van der Waals surface area contributed by atoms with Crippen LogP contribution in [0.5, 0.6) is 0 Å². The van der Waals surface area contributed by atoms with Gasteiger partial charge in [0.1, 0.15) is 0 Å². The van der Waals surface area contributed by atoms with Crippen molar-refractivity contribution in [1.82, 2.24) is 15.1 Å². The molecule has 0 unspecified atom stereocenters. The monoisotopic (exact) mass is 368 g/mol. The first-order valence-corrected chi connectivity index (χ1v) is 9.24. The van der Waals surface area contributed by atoms with Crippen molar-refractivity contribution in [3.63, 3.8) is 0 Å². The lowest BCUT2D eigenvalue weighted by Gasteiger charge is -2.32. The number of aryl methyl sites for hydroxylation is 1. The third-order valence-corrected chi connectivity index (χ3v) is 5.13. The number of carbonyl (C=O) groups is 1. The van der Waals surface area contributed by atoms with Gasteiger partial charge in [-0.1, -0.05) is 23.7 Å². The van der Waals surface area contributed by atoms with Crippen LogP contribution >= 0.6 is 11.6 Å². The number of rotatable bonds is 3. The third-order valence-electron chi connectivity index (χ3n) is 4.90. The summed E-state index contributed by atoms with van der Waals surface area (Å²) in [6.07, 6.45) is 1.84. The Bertz CT molecular complexity index is 944. The maximum absolute atomic E-state index is 12.9. The lowest BCUT2D eigenvalue weighted by Crippen LogP contribution is -2.42. The van der Waals surface area contributed by atoms with Gasteiger partial charge in [-0.15, -0.1) is 0 Å². The molecule has 0 atom stereocenters. The summed E-state index contributed by atoms with van der Waals surface area (Å²) < 4.78 is 0. The van der Waals surface area contributed by atoms with Crippen LogP contribution in [-0.2, 0) is 0 Å². The fourth-order valence-corrected chi connectivity index (χ4v) is 3.67. The first kappa shape index (κ1) is 16.9. The van der Waals surface area contributed by atoms with E-state index in [1.165, 1.54) is 5.56 Å². The van der Waals surface area contributed by atoms with E-state index < -0.39 is 0 Å². The Balaban J connectivity index is 1.42. The molecule has 134 valence electrons. The molecule has 2 aromatic carbocycles. The van der Waals surface area contributed by atoms with E-state index in [1.54, 1.807) is 12.1 Å². The number of H-pyrrole nitrogens is 1. The van der Waals surface area contributed by atoms with Gasteiger partial charge in [0.15, 0.2) is 5.69 Å². The Kier molecular flexibility index (Phi) is 4.55. The van der Waals surface area contributed by atoms with Crippen LogP contribution in [0.1, 0.15) is 28.9 Å². The van der Waals surface area contributed by atoms with E-state index in [4.69, 9.17) is 11.6 Å². The fourth-order valence-electron chi connectivity index (χ4n) is 3.50. The lowest BCUT2D eigenvalue weighted by molar-refractivity contribution is 0.0714. The van der Waals surface area contributed by atoms with E-state index in [0.29, 0.717) is 16.8 Å². The number of hydrogen-bond acceptors (Lipinski definition) is 3. The average molecular weight is 369 g/mol. The second-order valence-corrected chi connectivity index (χ2v) is 7.28. The van der Waals surface area contributed by atoms with Crippen molar-refractivity contribution >= 4 is 34.1 Å². The summed E-state index contributed by atoms with van der Waals surface area (Å²) in [6.45, 7) is 3.53. The number of halogens is 1. The highest BCUT2D eigenvalue weighted by atomic mass is 35.5. The van der Waals surface area contributed by atoms with Crippen LogP contribution < -0.4 is 5.32 Å². The molecule has 26 heavy (non-hydrogen) atoms. The molecule has 0 bridgehead atoms. The number of piperidine rings is 1. The minimum atomic E-state index is -0.0347. The molecule has 1 saturated heterocycles. The molecular formula is C20H21ClN4O. The van der Waals surface area contributed by atoms with Crippen LogP contribution in [-0.4, -0.2) is 40.1 Å². The molecule has 3 aromatic rings. The van der Waals surface area contributed by atoms with Crippen LogP contribution in [0.2, 0.25) is 5.02 Å². The standard InChI is InChI=1S/C20H21ClN4O/c1-13-3-2-4-16(11-13)22-15-7-9-25(10-8-15)20(26)19-17-12-14(21)5-6-18(17)23-24-19/h2-6,11-12,15,22H,7-10H2,1H3,(H,23,24). The van der Waals surface area contributed by atoms with Gasteiger partial charge in [-0.2, -0.15) is 5.10 Å². The van der Waals surface area contributed by atoms with Crippen molar-refractivity contribution in [2.24, 2.45) is 0 Å². The highest BCUT2D eigenvalue weighted by molar-refractivity contribution is 6.31. The van der Waals surface area contributed by atoms with Gasteiger partial charge >= 0.3 is 0 Å². The van der Waals surface area contributed by atoms with Crippen LogP contribution in [0.25, 0.3) is 10.9 Å². The van der Waals surface area contributed by atoms with Gasteiger partial charge in [0, 0.05) is 35.2 Å². The number of hydrogen-bond donors (Lipinski definition) is 2. The molecule has 5 nitrogen and oxygen atoms in total.